The molecule has 2 atom stereocenters. The van der Waals surface area contributed by atoms with E-state index >= 15 is 0 Å². The van der Waals surface area contributed by atoms with Crippen LogP contribution in [0, 0.1) is 11.8 Å². The number of amides is 1. The first-order chi connectivity index (χ1) is 13.1. The zero-order valence-corrected chi connectivity index (χ0v) is 19.2. The zero-order chi connectivity index (χ0) is 20.8. The van der Waals surface area contributed by atoms with Crippen LogP contribution in [0.1, 0.15) is 39.2 Å². The lowest BCUT2D eigenvalue weighted by atomic mass is 9.83. The van der Waals surface area contributed by atoms with Crippen molar-refractivity contribution < 1.29 is 14.0 Å². The van der Waals surface area contributed by atoms with Crippen molar-refractivity contribution in [3.8, 4) is 0 Å². The highest BCUT2D eigenvalue weighted by molar-refractivity contribution is 6.74. The van der Waals surface area contributed by atoms with Crippen LogP contribution < -0.4 is 0 Å². The van der Waals surface area contributed by atoms with E-state index < -0.39 is 8.32 Å². The number of benzene rings is 1. The number of hydrogen-bond acceptors (Lipinski definition) is 3. The van der Waals surface area contributed by atoms with Crippen molar-refractivity contribution in [3.05, 3.63) is 48.6 Å². The summed E-state index contributed by atoms with van der Waals surface area (Å²) < 4.78 is 11.8. The van der Waals surface area contributed by atoms with Crippen molar-refractivity contribution in [1.29, 1.82) is 0 Å². The van der Waals surface area contributed by atoms with Gasteiger partial charge in [0, 0.05) is 19.7 Å². The molecular weight excluding hydrogens is 366 g/mol. The van der Waals surface area contributed by atoms with E-state index in [-0.39, 0.29) is 11.1 Å². The fourth-order valence-electron chi connectivity index (χ4n) is 3.31. The quantitative estimate of drug-likeness (QED) is 0.423. The molecule has 0 aliphatic carbocycles. The second-order valence-electron chi connectivity index (χ2n) is 9.33. The third-order valence-electron chi connectivity index (χ3n) is 6.33. The van der Waals surface area contributed by atoms with Crippen molar-refractivity contribution in [2.75, 3.05) is 19.7 Å². The van der Waals surface area contributed by atoms with Gasteiger partial charge in [-0.3, -0.25) is 0 Å². The van der Waals surface area contributed by atoms with E-state index in [0.29, 0.717) is 25.0 Å². The number of piperidine rings is 1. The summed E-state index contributed by atoms with van der Waals surface area (Å²) >= 11 is 0. The van der Waals surface area contributed by atoms with Crippen molar-refractivity contribution in [2.45, 2.75) is 58.4 Å². The highest BCUT2D eigenvalue weighted by atomic mass is 28.4. The average molecular weight is 404 g/mol. The Kier molecular flexibility index (Phi) is 7.90. The fraction of sp³-hybridized carbons (Fsp3) is 0.609. The average Bonchev–Trinajstić information content (AvgIpc) is 2.66. The number of likely N-dealkylation sites (tertiary alicyclic amines) is 1. The van der Waals surface area contributed by atoms with Crippen LogP contribution in [0.4, 0.5) is 4.79 Å². The van der Waals surface area contributed by atoms with Gasteiger partial charge < -0.3 is 14.1 Å². The van der Waals surface area contributed by atoms with Crippen LogP contribution in [0.2, 0.25) is 18.1 Å². The molecule has 5 heteroatoms. The van der Waals surface area contributed by atoms with Crippen LogP contribution in [0.3, 0.4) is 0 Å². The predicted octanol–water partition coefficient (Wildman–Crippen LogP) is 5.86. The molecule has 0 spiro atoms. The summed E-state index contributed by atoms with van der Waals surface area (Å²) in [5, 5.41) is 0.233. The van der Waals surface area contributed by atoms with Gasteiger partial charge in [-0.05, 0) is 48.4 Å². The fourth-order valence-corrected chi connectivity index (χ4v) is 4.38. The van der Waals surface area contributed by atoms with Crippen molar-refractivity contribution in [1.82, 2.24) is 4.90 Å². The topological polar surface area (TPSA) is 38.8 Å². The Morgan fingerprint density at radius 3 is 2.57 bits per heavy atom. The van der Waals surface area contributed by atoms with Gasteiger partial charge in [0.05, 0.1) is 0 Å². The molecule has 0 bridgehead atoms. The molecule has 1 aliphatic heterocycles. The smallest absolute Gasteiger partial charge is 0.410 e. The molecular formula is C23H37NO3Si. The Bertz CT molecular complexity index is 639. The minimum atomic E-state index is -1.71. The monoisotopic (exact) mass is 403 g/mol. The summed E-state index contributed by atoms with van der Waals surface area (Å²) in [6.45, 7) is 17.9. The lowest BCUT2D eigenvalue weighted by Gasteiger charge is -2.39. The summed E-state index contributed by atoms with van der Waals surface area (Å²) in [6, 6.07) is 9.80. The molecule has 1 aromatic rings. The molecule has 0 unspecified atom stereocenters. The van der Waals surface area contributed by atoms with Crippen LogP contribution in [0.15, 0.2) is 43.0 Å². The minimum Gasteiger partial charge on any atom is -0.445 e. The molecule has 0 N–H and O–H groups in total. The van der Waals surface area contributed by atoms with E-state index in [9.17, 15) is 4.79 Å². The number of nitrogens with zero attached hydrogens (tertiary/aromatic N) is 1. The van der Waals surface area contributed by atoms with Gasteiger partial charge in [-0.15, -0.1) is 6.58 Å². The molecule has 156 valence electrons. The van der Waals surface area contributed by atoms with E-state index in [1.807, 2.05) is 41.3 Å². The van der Waals surface area contributed by atoms with Gasteiger partial charge in [0.25, 0.3) is 0 Å². The first-order valence-corrected chi connectivity index (χ1v) is 13.3. The molecule has 1 aromatic carbocycles. The standard InChI is InChI=1S/C23H37NO3Si/c1-7-20-17-24(22(25)26-18-19-11-9-8-10-12-19)15-13-21(20)14-16-27-28(5,6)23(2,3)4/h7-12,20-21H,1,13-18H2,2-6H3/t20-,21-/m0/s1. The van der Waals surface area contributed by atoms with Gasteiger partial charge in [-0.25, -0.2) is 4.79 Å². The molecule has 1 fully saturated rings. The van der Waals surface area contributed by atoms with Gasteiger partial charge in [-0.1, -0.05) is 57.2 Å². The molecule has 28 heavy (non-hydrogen) atoms. The largest absolute Gasteiger partial charge is 0.445 e. The van der Waals surface area contributed by atoms with Gasteiger partial charge in [-0.2, -0.15) is 0 Å². The Balaban J connectivity index is 1.81. The van der Waals surface area contributed by atoms with Crippen molar-refractivity contribution >= 4 is 14.4 Å². The highest BCUT2D eigenvalue weighted by Gasteiger charge is 2.37. The number of ether oxygens (including phenoxy) is 1. The van der Waals surface area contributed by atoms with E-state index in [2.05, 4.69) is 40.4 Å². The summed E-state index contributed by atoms with van der Waals surface area (Å²) in [5.41, 5.74) is 1.01. The van der Waals surface area contributed by atoms with Gasteiger partial charge in [0.1, 0.15) is 6.61 Å². The molecule has 1 aliphatic rings. The maximum Gasteiger partial charge on any atom is 0.410 e. The van der Waals surface area contributed by atoms with Gasteiger partial charge >= 0.3 is 6.09 Å². The van der Waals surface area contributed by atoms with Crippen LogP contribution >= 0.6 is 0 Å². The molecule has 0 aromatic heterocycles. The lowest BCUT2D eigenvalue weighted by molar-refractivity contribution is 0.0682. The molecule has 1 saturated heterocycles. The third-order valence-corrected chi connectivity index (χ3v) is 10.9. The Labute approximate surface area is 172 Å². The lowest BCUT2D eigenvalue weighted by Crippen LogP contribution is -2.44. The summed E-state index contributed by atoms with van der Waals surface area (Å²) in [6.07, 6.45) is 3.76. The number of carbonyl (C=O) groups excluding carboxylic acids is 1. The van der Waals surface area contributed by atoms with E-state index in [4.69, 9.17) is 9.16 Å². The Morgan fingerprint density at radius 1 is 1.29 bits per heavy atom. The van der Waals surface area contributed by atoms with Crippen LogP contribution in [-0.2, 0) is 15.8 Å². The first kappa shape index (κ1) is 22.7. The molecule has 1 heterocycles. The predicted molar refractivity (Wildman–Crippen MR) is 118 cm³/mol. The van der Waals surface area contributed by atoms with Gasteiger partial charge in [0.15, 0.2) is 8.32 Å². The van der Waals surface area contributed by atoms with Crippen LogP contribution in [0.5, 0.6) is 0 Å². The molecule has 4 nitrogen and oxygen atoms in total. The molecule has 1 amide bonds. The third kappa shape index (κ3) is 6.21. The maximum absolute atomic E-state index is 12.4. The Hall–Kier alpha value is -1.59. The Morgan fingerprint density at radius 2 is 1.96 bits per heavy atom. The number of hydrogen-bond donors (Lipinski definition) is 0. The minimum absolute atomic E-state index is 0.230. The highest BCUT2D eigenvalue weighted by Crippen LogP contribution is 2.37. The molecule has 0 radical (unpaired) electrons. The normalized spacial score (nSPS) is 20.7. The summed E-state index contributed by atoms with van der Waals surface area (Å²) in [5.74, 6) is 0.807. The van der Waals surface area contributed by atoms with E-state index in [0.717, 1.165) is 31.6 Å². The first-order valence-electron chi connectivity index (χ1n) is 10.4. The van der Waals surface area contributed by atoms with Crippen LogP contribution in [-0.4, -0.2) is 39.0 Å². The number of rotatable bonds is 7. The van der Waals surface area contributed by atoms with E-state index in [1.54, 1.807) is 0 Å². The van der Waals surface area contributed by atoms with Gasteiger partial charge in [0.2, 0.25) is 0 Å². The molecule has 0 saturated carbocycles. The van der Waals surface area contributed by atoms with Crippen molar-refractivity contribution in [3.63, 3.8) is 0 Å². The molecule has 2 rings (SSSR count). The maximum atomic E-state index is 12.4. The summed E-state index contributed by atoms with van der Waals surface area (Å²) in [7, 11) is -1.71. The van der Waals surface area contributed by atoms with Crippen molar-refractivity contribution in [2.24, 2.45) is 11.8 Å². The zero-order valence-electron chi connectivity index (χ0n) is 18.2. The second kappa shape index (κ2) is 9.75. The second-order valence-corrected chi connectivity index (χ2v) is 14.1. The number of carbonyl (C=O) groups is 1. The van der Waals surface area contributed by atoms with Crippen LogP contribution in [0.25, 0.3) is 0 Å². The SMILES string of the molecule is C=C[C@H]1CN(C(=O)OCc2ccccc2)CC[C@H]1CCO[Si](C)(C)C(C)(C)C. The summed E-state index contributed by atoms with van der Waals surface area (Å²) in [4.78, 5) is 14.3. The van der Waals surface area contributed by atoms with E-state index in [1.165, 1.54) is 0 Å².